The molecule has 0 aromatic carbocycles. The molecule has 56 heavy (non-hydrogen) atoms. The van der Waals surface area contributed by atoms with Crippen molar-refractivity contribution < 1.29 is 129 Å². The van der Waals surface area contributed by atoms with Crippen molar-refractivity contribution in [3.63, 3.8) is 0 Å². The van der Waals surface area contributed by atoms with E-state index in [0.29, 0.717) is 0 Å². The normalized spacial score (nSPS) is 53.2. The van der Waals surface area contributed by atoms with Crippen LogP contribution in [-0.4, -0.2) is 273 Å². The van der Waals surface area contributed by atoms with Gasteiger partial charge in [-0.15, -0.1) is 0 Å². The van der Waals surface area contributed by atoms with E-state index in [1.54, 1.807) is 0 Å². The highest BCUT2D eigenvalue weighted by Gasteiger charge is 2.56. The van der Waals surface area contributed by atoms with Gasteiger partial charge in [0.05, 0.1) is 33.0 Å². The van der Waals surface area contributed by atoms with Crippen LogP contribution in [0.15, 0.2) is 0 Å². The second kappa shape index (κ2) is 19.6. The lowest BCUT2D eigenvalue weighted by Crippen LogP contribution is -2.68. The van der Waals surface area contributed by atoms with E-state index >= 15 is 0 Å². The molecule has 17 N–H and O–H groups in total. The largest absolute Gasteiger partial charge is 0.394 e. The van der Waals surface area contributed by atoms with Crippen molar-refractivity contribution in [2.75, 3.05) is 33.0 Å². The zero-order chi connectivity index (χ0) is 41.3. The van der Waals surface area contributed by atoms with Crippen LogP contribution in [0.5, 0.6) is 0 Å². The summed E-state index contributed by atoms with van der Waals surface area (Å²) in [7, 11) is 0. The van der Waals surface area contributed by atoms with Gasteiger partial charge in [0.15, 0.2) is 31.5 Å². The van der Waals surface area contributed by atoms with E-state index in [1.807, 2.05) is 0 Å². The van der Waals surface area contributed by atoms with E-state index in [1.165, 1.54) is 0 Å². The van der Waals surface area contributed by atoms with Gasteiger partial charge in [0.1, 0.15) is 122 Å². The van der Waals surface area contributed by atoms with Crippen molar-refractivity contribution >= 4 is 0 Å². The van der Waals surface area contributed by atoms with Crippen molar-refractivity contribution in [1.82, 2.24) is 0 Å². The minimum absolute atomic E-state index is 0.819. The molecule has 5 aliphatic heterocycles. The van der Waals surface area contributed by atoms with Crippen LogP contribution in [0, 0.1) is 0 Å². The molecule has 26 heteroatoms. The highest BCUT2D eigenvalue weighted by atomic mass is 16.8. The number of hydrogen-bond acceptors (Lipinski definition) is 26. The number of hydrogen-bond donors (Lipinski definition) is 17. The Bertz CT molecular complexity index is 1200. The summed E-state index contributed by atoms with van der Waals surface area (Å²) in [6, 6.07) is 0. The molecule has 0 aromatic rings. The molecule has 5 fully saturated rings. The Balaban J connectivity index is 1.27. The predicted molar refractivity (Wildman–Crippen MR) is 167 cm³/mol. The molecule has 0 bridgehead atoms. The highest BCUT2D eigenvalue weighted by Crippen LogP contribution is 2.35. The van der Waals surface area contributed by atoms with Crippen molar-refractivity contribution in [2.45, 2.75) is 154 Å². The van der Waals surface area contributed by atoms with Gasteiger partial charge in [-0.2, -0.15) is 0 Å². The van der Waals surface area contributed by atoms with E-state index in [4.69, 9.17) is 42.6 Å². The van der Waals surface area contributed by atoms with Crippen LogP contribution >= 0.6 is 0 Å². The van der Waals surface area contributed by atoms with E-state index < -0.39 is 187 Å². The molecule has 0 unspecified atom stereocenters. The zero-order valence-electron chi connectivity index (χ0n) is 29.2. The molecular formula is C30H52O26. The Labute approximate surface area is 316 Å². The third-order valence-corrected chi connectivity index (χ3v) is 10.3. The van der Waals surface area contributed by atoms with E-state index in [0.717, 1.165) is 0 Å². The molecule has 5 heterocycles. The Morgan fingerprint density at radius 1 is 0.268 bits per heavy atom. The molecule has 328 valence electrons. The van der Waals surface area contributed by atoms with Gasteiger partial charge in [-0.05, 0) is 0 Å². The van der Waals surface area contributed by atoms with Gasteiger partial charge in [0.25, 0.3) is 0 Å². The van der Waals surface area contributed by atoms with Gasteiger partial charge < -0.3 is 129 Å². The predicted octanol–water partition coefficient (Wildman–Crippen LogP) is -11.9. The monoisotopic (exact) mass is 828 g/mol. The van der Waals surface area contributed by atoms with E-state index in [9.17, 15) is 86.8 Å². The SMILES string of the molecule is OC[C@H]1O[C@@H](O[C@H]2[C@H](O)[C@@H](O)[C@H](O[C@@H]3[C@@H](O)[C@H](O[C@H]4[C@H](O)[C@@H](O)[C@H](O[C@H]5[C@H](O)[C@@H](O)[C@H](O)O[C@@H]5CO)O[C@@H]4CO)O[C@H](CO)[C@H]3O)O[C@@H]2CO)[C@H](O)[C@@H](O)[C@@H]1O. The van der Waals surface area contributed by atoms with Gasteiger partial charge in [0.2, 0.25) is 0 Å². The van der Waals surface area contributed by atoms with Crippen LogP contribution in [0.4, 0.5) is 0 Å². The first kappa shape index (κ1) is 46.0. The summed E-state index contributed by atoms with van der Waals surface area (Å²) < 4.78 is 49.1. The molecule has 26 nitrogen and oxygen atoms in total. The smallest absolute Gasteiger partial charge is 0.187 e. The summed E-state index contributed by atoms with van der Waals surface area (Å²) in [5, 5.41) is 176. The summed E-state index contributed by atoms with van der Waals surface area (Å²) in [6.07, 6.45) is -46.2. The Hall–Kier alpha value is -1.04. The fourth-order valence-electron chi connectivity index (χ4n) is 7.03. The summed E-state index contributed by atoms with van der Waals surface area (Å²) in [5.74, 6) is 0. The lowest BCUT2D eigenvalue weighted by molar-refractivity contribution is -0.393. The topological polar surface area (TPSA) is 427 Å². The minimum Gasteiger partial charge on any atom is -0.394 e. The van der Waals surface area contributed by atoms with Crippen LogP contribution in [0.25, 0.3) is 0 Å². The summed E-state index contributed by atoms with van der Waals surface area (Å²) in [6.45, 7) is -4.54. The molecule has 25 atom stereocenters. The number of aliphatic hydroxyl groups is 17. The maximum Gasteiger partial charge on any atom is 0.187 e. The molecule has 5 aliphatic rings. The van der Waals surface area contributed by atoms with Gasteiger partial charge >= 0.3 is 0 Å². The first-order valence-electron chi connectivity index (χ1n) is 17.6. The van der Waals surface area contributed by atoms with Crippen LogP contribution in [0.1, 0.15) is 0 Å². The first-order valence-corrected chi connectivity index (χ1v) is 17.6. The summed E-state index contributed by atoms with van der Waals surface area (Å²) in [5.41, 5.74) is 0. The van der Waals surface area contributed by atoms with Gasteiger partial charge in [0, 0.05) is 0 Å². The summed E-state index contributed by atoms with van der Waals surface area (Å²) >= 11 is 0. The standard InChI is InChI=1S/C30H52O26/c31-1-6-11(36)13(38)18(43)27(49-6)54-23-9(4-34)52-29(20(45)16(23)41)56-25-12(37)7(2-32)50-30(21(25)46)55-24-10(5-35)51-28(19(44)15(24)40)53-22-8(3-33)48-26(47)17(42)14(22)39/h6-47H,1-5H2/t6-,7-,8-,9-,10-,11-,12-,13+,14-,15-,16-,17-,18-,19-,20-,21-,22-,23-,24-,25+,26-,27+,28+,29+,30+/m1/s1. The Morgan fingerprint density at radius 2 is 0.571 bits per heavy atom. The number of aliphatic hydroxyl groups excluding tert-OH is 17. The van der Waals surface area contributed by atoms with Crippen LogP contribution < -0.4 is 0 Å². The van der Waals surface area contributed by atoms with Crippen LogP contribution in [0.2, 0.25) is 0 Å². The molecule has 0 amide bonds. The fraction of sp³-hybridized carbons (Fsp3) is 1.00. The minimum atomic E-state index is -2.12. The lowest BCUT2D eigenvalue weighted by atomic mass is 9.95. The van der Waals surface area contributed by atoms with Crippen LogP contribution in [0.3, 0.4) is 0 Å². The van der Waals surface area contributed by atoms with Crippen LogP contribution in [-0.2, 0) is 42.6 Å². The number of ether oxygens (including phenoxy) is 9. The van der Waals surface area contributed by atoms with Crippen molar-refractivity contribution in [2.24, 2.45) is 0 Å². The highest BCUT2D eigenvalue weighted by molar-refractivity contribution is 4.99. The molecule has 0 spiro atoms. The lowest BCUT2D eigenvalue weighted by Gasteiger charge is -2.49. The Kier molecular flexibility index (Phi) is 16.1. The summed E-state index contributed by atoms with van der Waals surface area (Å²) in [4.78, 5) is 0. The maximum atomic E-state index is 11.3. The fourth-order valence-corrected chi connectivity index (χ4v) is 7.03. The second-order valence-corrected chi connectivity index (χ2v) is 13.9. The third kappa shape index (κ3) is 9.16. The molecule has 5 rings (SSSR count). The quantitative estimate of drug-likeness (QED) is 0.0819. The maximum absolute atomic E-state index is 11.3. The average molecular weight is 829 g/mol. The van der Waals surface area contributed by atoms with Gasteiger partial charge in [-0.25, -0.2) is 0 Å². The average Bonchev–Trinajstić information content (AvgIpc) is 3.19. The molecule has 0 aromatic heterocycles. The number of rotatable bonds is 13. The Morgan fingerprint density at radius 3 is 0.982 bits per heavy atom. The van der Waals surface area contributed by atoms with Gasteiger partial charge in [-0.3, -0.25) is 0 Å². The molecular weight excluding hydrogens is 776 g/mol. The molecule has 0 saturated carbocycles. The van der Waals surface area contributed by atoms with Gasteiger partial charge in [-0.1, -0.05) is 0 Å². The molecule has 5 saturated heterocycles. The van der Waals surface area contributed by atoms with E-state index in [-0.39, 0.29) is 0 Å². The van der Waals surface area contributed by atoms with Crippen molar-refractivity contribution in [1.29, 1.82) is 0 Å². The van der Waals surface area contributed by atoms with E-state index in [2.05, 4.69) is 0 Å². The molecule has 0 aliphatic carbocycles. The zero-order valence-corrected chi connectivity index (χ0v) is 29.2. The first-order chi connectivity index (χ1) is 26.5. The molecule has 0 radical (unpaired) electrons. The second-order valence-electron chi connectivity index (χ2n) is 13.9. The van der Waals surface area contributed by atoms with Crippen molar-refractivity contribution in [3.05, 3.63) is 0 Å². The van der Waals surface area contributed by atoms with Crippen molar-refractivity contribution in [3.8, 4) is 0 Å². The third-order valence-electron chi connectivity index (χ3n) is 10.3.